The Balaban J connectivity index is 1.67. The number of thiazole rings is 1. The van der Waals surface area contributed by atoms with Crippen molar-refractivity contribution in [3.05, 3.63) is 53.3 Å². The number of halogens is 1. The first kappa shape index (κ1) is 15.4. The van der Waals surface area contributed by atoms with E-state index >= 15 is 0 Å². The smallest absolute Gasteiger partial charge is 0.264 e. The third kappa shape index (κ3) is 3.48. The van der Waals surface area contributed by atoms with Crippen LogP contribution < -0.4 is 10.1 Å². The Hall–Kier alpha value is -2.47. The Labute approximate surface area is 136 Å². The van der Waals surface area contributed by atoms with Crippen molar-refractivity contribution in [1.82, 2.24) is 4.98 Å². The van der Waals surface area contributed by atoms with Crippen molar-refractivity contribution in [2.24, 2.45) is 0 Å². The lowest BCUT2D eigenvalue weighted by Crippen LogP contribution is -2.19. The van der Waals surface area contributed by atoms with E-state index in [1.807, 2.05) is 26.0 Å². The second-order valence-corrected chi connectivity index (χ2v) is 6.19. The van der Waals surface area contributed by atoms with Crippen LogP contribution in [0.15, 0.2) is 36.4 Å². The molecule has 3 aromatic rings. The number of amides is 1. The van der Waals surface area contributed by atoms with Crippen LogP contribution in [-0.4, -0.2) is 17.5 Å². The first-order valence-corrected chi connectivity index (χ1v) is 7.89. The third-order valence-electron chi connectivity index (χ3n) is 3.37. The molecule has 1 amide bonds. The van der Waals surface area contributed by atoms with Crippen molar-refractivity contribution < 1.29 is 13.9 Å². The molecule has 0 aliphatic rings. The Morgan fingerprint density at radius 3 is 2.57 bits per heavy atom. The minimum atomic E-state index is -0.345. The Morgan fingerprint density at radius 1 is 1.17 bits per heavy atom. The standard InChI is InChI=1S/C17H15FN2O2S/c1-10-3-4-11(2)16-15(10)20-17(23-16)19-14(21)9-22-13-7-5-12(18)6-8-13/h3-8H,9H2,1-2H3,(H,19,20,21). The van der Waals surface area contributed by atoms with Gasteiger partial charge in [-0.05, 0) is 49.2 Å². The fraction of sp³-hybridized carbons (Fsp3) is 0.176. The Bertz CT molecular complexity index is 820. The molecule has 0 aliphatic carbocycles. The molecule has 0 saturated carbocycles. The number of anilines is 1. The van der Waals surface area contributed by atoms with E-state index in [1.54, 1.807) is 0 Å². The summed E-state index contributed by atoms with van der Waals surface area (Å²) in [7, 11) is 0. The SMILES string of the molecule is Cc1ccc(C)c2sc(NC(=O)COc3ccc(F)cc3)nc12. The molecule has 118 valence electrons. The number of carbonyl (C=O) groups excluding carboxylic acids is 1. The van der Waals surface area contributed by atoms with E-state index in [0.717, 1.165) is 21.3 Å². The van der Waals surface area contributed by atoms with Crippen LogP contribution in [0.5, 0.6) is 5.75 Å². The molecule has 6 heteroatoms. The molecule has 3 rings (SSSR count). The molecule has 0 radical (unpaired) electrons. The molecule has 1 heterocycles. The molecule has 0 saturated heterocycles. The van der Waals surface area contributed by atoms with Crippen LogP contribution >= 0.6 is 11.3 Å². The van der Waals surface area contributed by atoms with Gasteiger partial charge in [-0.3, -0.25) is 10.1 Å². The number of aryl methyl sites for hydroxylation is 2. The number of nitrogens with one attached hydrogen (secondary N) is 1. The van der Waals surface area contributed by atoms with Gasteiger partial charge in [0.25, 0.3) is 5.91 Å². The topological polar surface area (TPSA) is 51.2 Å². The van der Waals surface area contributed by atoms with E-state index in [0.29, 0.717) is 10.9 Å². The highest BCUT2D eigenvalue weighted by atomic mass is 32.1. The molecular weight excluding hydrogens is 315 g/mol. The zero-order valence-corrected chi connectivity index (χ0v) is 13.5. The zero-order valence-electron chi connectivity index (χ0n) is 12.7. The normalized spacial score (nSPS) is 10.7. The number of benzene rings is 2. The predicted molar refractivity (Wildman–Crippen MR) is 89.6 cm³/mol. The fourth-order valence-electron chi connectivity index (χ4n) is 2.15. The molecule has 0 bridgehead atoms. The van der Waals surface area contributed by atoms with Crippen LogP contribution in [0.1, 0.15) is 11.1 Å². The molecule has 2 aromatic carbocycles. The van der Waals surface area contributed by atoms with Gasteiger partial charge in [0.15, 0.2) is 11.7 Å². The van der Waals surface area contributed by atoms with E-state index < -0.39 is 0 Å². The van der Waals surface area contributed by atoms with E-state index in [-0.39, 0.29) is 18.3 Å². The number of carbonyl (C=O) groups is 1. The van der Waals surface area contributed by atoms with Crippen LogP contribution in [0.2, 0.25) is 0 Å². The number of aromatic nitrogens is 1. The maximum atomic E-state index is 12.8. The summed E-state index contributed by atoms with van der Waals surface area (Å²) in [5.74, 6) is -0.205. The Kier molecular flexibility index (Phi) is 4.25. The second kappa shape index (κ2) is 6.34. The van der Waals surface area contributed by atoms with Crippen molar-refractivity contribution in [2.75, 3.05) is 11.9 Å². The molecular formula is C17H15FN2O2S. The molecule has 1 N–H and O–H groups in total. The van der Waals surface area contributed by atoms with Crippen molar-refractivity contribution in [3.8, 4) is 5.75 Å². The summed E-state index contributed by atoms with van der Waals surface area (Å²) < 4.78 is 19.2. The van der Waals surface area contributed by atoms with Gasteiger partial charge in [-0.15, -0.1) is 0 Å². The fourth-order valence-corrected chi connectivity index (χ4v) is 3.18. The summed E-state index contributed by atoms with van der Waals surface area (Å²) >= 11 is 1.44. The van der Waals surface area contributed by atoms with Gasteiger partial charge in [-0.1, -0.05) is 23.5 Å². The largest absolute Gasteiger partial charge is 0.484 e. The highest BCUT2D eigenvalue weighted by Gasteiger charge is 2.11. The first-order chi connectivity index (χ1) is 11.0. The third-order valence-corrected chi connectivity index (χ3v) is 4.48. The number of hydrogen-bond donors (Lipinski definition) is 1. The maximum Gasteiger partial charge on any atom is 0.264 e. The number of nitrogens with zero attached hydrogens (tertiary/aromatic N) is 1. The summed E-state index contributed by atoms with van der Waals surface area (Å²) in [6, 6.07) is 9.58. The zero-order chi connectivity index (χ0) is 16.4. The van der Waals surface area contributed by atoms with Crippen molar-refractivity contribution in [2.45, 2.75) is 13.8 Å². The summed E-state index contributed by atoms with van der Waals surface area (Å²) in [5.41, 5.74) is 3.11. The summed E-state index contributed by atoms with van der Waals surface area (Å²) in [5, 5.41) is 3.28. The Morgan fingerprint density at radius 2 is 1.87 bits per heavy atom. The van der Waals surface area contributed by atoms with Crippen LogP contribution in [0.25, 0.3) is 10.2 Å². The van der Waals surface area contributed by atoms with Crippen LogP contribution in [0.3, 0.4) is 0 Å². The summed E-state index contributed by atoms with van der Waals surface area (Å²) in [6.07, 6.45) is 0. The summed E-state index contributed by atoms with van der Waals surface area (Å²) in [4.78, 5) is 16.4. The quantitative estimate of drug-likeness (QED) is 0.784. The van der Waals surface area contributed by atoms with Gasteiger partial charge in [0.2, 0.25) is 0 Å². The van der Waals surface area contributed by atoms with Gasteiger partial charge in [0, 0.05) is 0 Å². The van der Waals surface area contributed by atoms with Gasteiger partial charge in [-0.25, -0.2) is 9.37 Å². The van der Waals surface area contributed by atoms with Crippen molar-refractivity contribution >= 4 is 32.6 Å². The highest BCUT2D eigenvalue weighted by Crippen LogP contribution is 2.30. The number of fused-ring (bicyclic) bond motifs is 1. The lowest BCUT2D eigenvalue weighted by Gasteiger charge is -2.05. The van der Waals surface area contributed by atoms with Crippen LogP contribution in [-0.2, 0) is 4.79 Å². The van der Waals surface area contributed by atoms with Gasteiger partial charge >= 0.3 is 0 Å². The number of rotatable bonds is 4. The van der Waals surface area contributed by atoms with Gasteiger partial charge in [0.05, 0.1) is 10.2 Å². The molecule has 0 spiro atoms. The van der Waals surface area contributed by atoms with Crippen molar-refractivity contribution in [1.29, 1.82) is 0 Å². The predicted octanol–water partition coefficient (Wildman–Crippen LogP) is 4.07. The van der Waals surface area contributed by atoms with E-state index in [4.69, 9.17) is 4.74 Å². The van der Waals surface area contributed by atoms with Gasteiger partial charge in [0.1, 0.15) is 11.6 Å². The van der Waals surface area contributed by atoms with E-state index in [1.165, 1.54) is 35.6 Å². The maximum absolute atomic E-state index is 12.8. The van der Waals surface area contributed by atoms with Gasteiger partial charge < -0.3 is 4.74 Å². The average Bonchev–Trinajstić information content (AvgIpc) is 2.95. The monoisotopic (exact) mass is 330 g/mol. The van der Waals surface area contributed by atoms with Gasteiger partial charge in [-0.2, -0.15) is 0 Å². The lowest BCUT2D eigenvalue weighted by atomic mass is 10.1. The second-order valence-electron chi connectivity index (χ2n) is 5.19. The molecule has 1 aromatic heterocycles. The molecule has 0 aliphatic heterocycles. The van der Waals surface area contributed by atoms with E-state index in [2.05, 4.69) is 10.3 Å². The van der Waals surface area contributed by atoms with Crippen LogP contribution in [0.4, 0.5) is 9.52 Å². The molecule has 0 unspecified atom stereocenters. The number of ether oxygens (including phenoxy) is 1. The van der Waals surface area contributed by atoms with E-state index in [9.17, 15) is 9.18 Å². The lowest BCUT2D eigenvalue weighted by molar-refractivity contribution is -0.118. The molecule has 0 fully saturated rings. The number of hydrogen-bond acceptors (Lipinski definition) is 4. The highest BCUT2D eigenvalue weighted by molar-refractivity contribution is 7.22. The van der Waals surface area contributed by atoms with Crippen molar-refractivity contribution in [3.63, 3.8) is 0 Å². The first-order valence-electron chi connectivity index (χ1n) is 7.08. The minimum Gasteiger partial charge on any atom is -0.484 e. The summed E-state index contributed by atoms with van der Waals surface area (Å²) in [6.45, 7) is 3.85. The molecule has 4 nitrogen and oxygen atoms in total. The van der Waals surface area contributed by atoms with Crippen LogP contribution in [0, 0.1) is 19.7 Å². The average molecular weight is 330 g/mol. The minimum absolute atomic E-state index is 0.153. The molecule has 0 atom stereocenters. The molecule has 23 heavy (non-hydrogen) atoms.